The van der Waals surface area contributed by atoms with Crippen LogP contribution in [0, 0.1) is 6.92 Å². The summed E-state index contributed by atoms with van der Waals surface area (Å²) < 4.78 is 5.66. The summed E-state index contributed by atoms with van der Waals surface area (Å²) in [5, 5.41) is 0. The predicted octanol–water partition coefficient (Wildman–Crippen LogP) is 2.67. The van der Waals surface area contributed by atoms with Crippen LogP contribution in [0.3, 0.4) is 0 Å². The fourth-order valence-electron chi connectivity index (χ4n) is 1.84. The molecule has 0 bridgehead atoms. The Morgan fingerprint density at radius 1 is 1.38 bits per heavy atom. The molecule has 0 unspecified atom stereocenters. The first-order chi connectivity index (χ1) is 7.67. The van der Waals surface area contributed by atoms with Crippen molar-refractivity contribution in [3.8, 4) is 0 Å². The molecule has 0 aliphatic heterocycles. The van der Waals surface area contributed by atoms with Crippen LogP contribution in [0.25, 0.3) is 0 Å². The fraction of sp³-hybridized carbons (Fsp3) is 0.692. The highest BCUT2D eigenvalue weighted by molar-refractivity contribution is 5.20. The largest absolute Gasteiger partial charge is 0.465 e. The lowest BCUT2D eigenvalue weighted by molar-refractivity contribution is 0.286. The number of rotatable bonds is 7. The van der Waals surface area contributed by atoms with E-state index < -0.39 is 0 Å². The van der Waals surface area contributed by atoms with Crippen molar-refractivity contribution in [2.75, 3.05) is 13.6 Å². The van der Waals surface area contributed by atoms with Crippen LogP contribution in [-0.2, 0) is 13.1 Å². The minimum Gasteiger partial charge on any atom is -0.465 e. The van der Waals surface area contributed by atoms with E-state index in [1.807, 2.05) is 6.92 Å². The van der Waals surface area contributed by atoms with Crippen molar-refractivity contribution in [1.82, 2.24) is 4.90 Å². The summed E-state index contributed by atoms with van der Waals surface area (Å²) in [6.07, 6.45) is 3.83. The summed E-state index contributed by atoms with van der Waals surface area (Å²) in [6, 6.07) is 2.08. The first-order valence-electron chi connectivity index (χ1n) is 6.14. The van der Waals surface area contributed by atoms with Gasteiger partial charge in [-0.2, -0.15) is 0 Å². The molecule has 1 rings (SSSR count). The molecule has 0 aliphatic rings. The van der Waals surface area contributed by atoms with Gasteiger partial charge in [-0.1, -0.05) is 19.8 Å². The maximum absolute atomic E-state index is 5.66. The van der Waals surface area contributed by atoms with Crippen molar-refractivity contribution in [1.29, 1.82) is 0 Å². The molecular formula is C13H24N2O. The van der Waals surface area contributed by atoms with Gasteiger partial charge in [0.15, 0.2) is 0 Å². The molecule has 0 saturated carbocycles. The molecule has 0 atom stereocenters. The number of hydrogen-bond donors (Lipinski definition) is 1. The number of furan rings is 1. The van der Waals surface area contributed by atoms with Crippen LogP contribution in [0.5, 0.6) is 0 Å². The summed E-state index contributed by atoms with van der Waals surface area (Å²) in [6.45, 7) is 6.77. The molecule has 0 saturated heterocycles. The van der Waals surface area contributed by atoms with E-state index >= 15 is 0 Å². The molecule has 0 aliphatic carbocycles. The second-order valence-electron chi connectivity index (χ2n) is 4.44. The van der Waals surface area contributed by atoms with E-state index in [1.165, 1.54) is 19.3 Å². The first kappa shape index (κ1) is 13.3. The molecule has 1 heterocycles. The van der Waals surface area contributed by atoms with Crippen molar-refractivity contribution >= 4 is 0 Å². The third-order valence-electron chi connectivity index (χ3n) is 2.86. The lowest BCUT2D eigenvalue weighted by Gasteiger charge is -2.14. The number of unbranched alkanes of at least 4 members (excludes halogenated alkanes) is 2. The van der Waals surface area contributed by atoms with Crippen molar-refractivity contribution < 1.29 is 4.42 Å². The van der Waals surface area contributed by atoms with Crippen molar-refractivity contribution in [2.24, 2.45) is 5.73 Å². The zero-order chi connectivity index (χ0) is 12.0. The van der Waals surface area contributed by atoms with E-state index in [2.05, 4.69) is 24.9 Å². The molecule has 1 aromatic rings. The highest BCUT2D eigenvalue weighted by Crippen LogP contribution is 2.15. The van der Waals surface area contributed by atoms with Crippen LogP contribution in [0.15, 0.2) is 10.5 Å². The smallest absolute Gasteiger partial charge is 0.118 e. The molecule has 3 heteroatoms. The molecule has 0 aromatic carbocycles. The van der Waals surface area contributed by atoms with Gasteiger partial charge in [0.25, 0.3) is 0 Å². The highest BCUT2D eigenvalue weighted by Gasteiger charge is 2.07. The Morgan fingerprint density at radius 3 is 2.69 bits per heavy atom. The Morgan fingerprint density at radius 2 is 2.12 bits per heavy atom. The average Bonchev–Trinajstić information content (AvgIpc) is 2.59. The number of hydrogen-bond acceptors (Lipinski definition) is 3. The number of nitrogens with two attached hydrogens (primary N) is 1. The Hall–Kier alpha value is -0.800. The van der Waals surface area contributed by atoms with E-state index in [-0.39, 0.29) is 0 Å². The molecule has 3 nitrogen and oxygen atoms in total. The summed E-state index contributed by atoms with van der Waals surface area (Å²) in [7, 11) is 2.13. The van der Waals surface area contributed by atoms with Gasteiger partial charge in [0, 0.05) is 12.1 Å². The SMILES string of the molecule is CCCCCN(C)Cc1cc(CN)c(C)o1. The van der Waals surface area contributed by atoms with Gasteiger partial charge >= 0.3 is 0 Å². The van der Waals surface area contributed by atoms with Gasteiger partial charge < -0.3 is 10.2 Å². The van der Waals surface area contributed by atoms with Crippen LogP contribution in [-0.4, -0.2) is 18.5 Å². The molecule has 0 fully saturated rings. The lowest BCUT2D eigenvalue weighted by atomic mass is 10.2. The molecule has 0 spiro atoms. The first-order valence-corrected chi connectivity index (χ1v) is 6.14. The zero-order valence-corrected chi connectivity index (χ0v) is 10.8. The Kier molecular flexibility index (Phi) is 5.56. The monoisotopic (exact) mass is 224 g/mol. The minimum atomic E-state index is 0.564. The third kappa shape index (κ3) is 3.99. The number of aryl methyl sites for hydroxylation is 1. The van der Waals surface area contributed by atoms with Crippen LogP contribution < -0.4 is 5.73 Å². The summed E-state index contributed by atoms with van der Waals surface area (Å²) in [5.41, 5.74) is 6.74. The predicted molar refractivity (Wildman–Crippen MR) is 67.2 cm³/mol. The number of nitrogens with zero attached hydrogens (tertiary/aromatic N) is 1. The molecule has 92 valence electrons. The van der Waals surface area contributed by atoms with E-state index in [4.69, 9.17) is 10.2 Å². The van der Waals surface area contributed by atoms with Crippen LogP contribution >= 0.6 is 0 Å². The molecule has 2 N–H and O–H groups in total. The van der Waals surface area contributed by atoms with Gasteiger partial charge in [-0.15, -0.1) is 0 Å². The van der Waals surface area contributed by atoms with E-state index in [0.717, 1.165) is 30.2 Å². The van der Waals surface area contributed by atoms with E-state index in [0.29, 0.717) is 6.54 Å². The van der Waals surface area contributed by atoms with E-state index in [9.17, 15) is 0 Å². The second kappa shape index (κ2) is 6.71. The summed E-state index contributed by atoms with van der Waals surface area (Å²) in [4.78, 5) is 2.30. The Labute approximate surface area is 98.6 Å². The van der Waals surface area contributed by atoms with Gasteiger partial charge in [-0.05, 0) is 33.0 Å². The Bertz CT molecular complexity index is 307. The topological polar surface area (TPSA) is 42.4 Å². The Balaban J connectivity index is 2.40. The molecule has 16 heavy (non-hydrogen) atoms. The quantitative estimate of drug-likeness (QED) is 0.724. The fourth-order valence-corrected chi connectivity index (χ4v) is 1.84. The van der Waals surface area contributed by atoms with Crippen LogP contribution in [0.2, 0.25) is 0 Å². The maximum atomic E-state index is 5.66. The molecule has 1 aromatic heterocycles. The van der Waals surface area contributed by atoms with Crippen LogP contribution in [0.1, 0.15) is 43.3 Å². The maximum Gasteiger partial charge on any atom is 0.118 e. The van der Waals surface area contributed by atoms with Gasteiger partial charge in [0.1, 0.15) is 11.5 Å². The molecule has 0 radical (unpaired) electrons. The zero-order valence-electron chi connectivity index (χ0n) is 10.8. The van der Waals surface area contributed by atoms with Crippen LogP contribution in [0.4, 0.5) is 0 Å². The van der Waals surface area contributed by atoms with E-state index in [1.54, 1.807) is 0 Å². The molecule has 0 amide bonds. The van der Waals surface area contributed by atoms with Crippen molar-refractivity contribution in [3.05, 3.63) is 23.2 Å². The summed E-state index contributed by atoms with van der Waals surface area (Å²) in [5.74, 6) is 1.98. The van der Waals surface area contributed by atoms with Crippen molar-refractivity contribution in [2.45, 2.75) is 46.2 Å². The standard InChI is InChI=1S/C13H24N2O/c1-4-5-6-7-15(3)10-13-8-12(9-14)11(2)16-13/h8H,4-7,9-10,14H2,1-3H3. The normalized spacial score (nSPS) is 11.3. The third-order valence-corrected chi connectivity index (χ3v) is 2.86. The second-order valence-corrected chi connectivity index (χ2v) is 4.44. The molecular weight excluding hydrogens is 200 g/mol. The van der Waals surface area contributed by atoms with Gasteiger partial charge in [0.2, 0.25) is 0 Å². The highest BCUT2D eigenvalue weighted by atomic mass is 16.3. The minimum absolute atomic E-state index is 0.564. The van der Waals surface area contributed by atoms with Gasteiger partial charge in [-0.25, -0.2) is 0 Å². The summed E-state index contributed by atoms with van der Waals surface area (Å²) >= 11 is 0. The lowest BCUT2D eigenvalue weighted by Crippen LogP contribution is -2.18. The van der Waals surface area contributed by atoms with Gasteiger partial charge in [0.05, 0.1) is 6.54 Å². The van der Waals surface area contributed by atoms with Crippen molar-refractivity contribution in [3.63, 3.8) is 0 Å². The average molecular weight is 224 g/mol. The van der Waals surface area contributed by atoms with Gasteiger partial charge in [-0.3, -0.25) is 4.90 Å².